The average Bonchev–Trinajstić information content (AvgIpc) is 3.55. The summed E-state index contributed by atoms with van der Waals surface area (Å²) in [5, 5.41) is 12.5. The van der Waals surface area contributed by atoms with E-state index in [9.17, 15) is 4.79 Å². The van der Waals surface area contributed by atoms with E-state index in [1.165, 1.54) is 6.26 Å². The summed E-state index contributed by atoms with van der Waals surface area (Å²) in [7, 11) is 4.87. The second-order valence-electron chi connectivity index (χ2n) is 7.54. The Balaban J connectivity index is 0.00000324. The molecule has 0 aliphatic carbocycles. The SMILES string of the molecule is COCCn1nnnc1C(c1cccc(OC)c1OC)N1CCN(C(=O)c2ccco2)CC1.[Cl-]. The quantitative estimate of drug-likeness (QED) is 0.352. The highest BCUT2D eigenvalue weighted by atomic mass is 35.5. The van der Waals surface area contributed by atoms with Crippen molar-refractivity contribution in [3.8, 4) is 11.5 Å². The molecule has 3 heterocycles. The molecule has 184 valence electrons. The zero-order valence-electron chi connectivity index (χ0n) is 19.4. The van der Waals surface area contributed by atoms with E-state index in [4.69, 9.17) is 18.6 Å². The van der Waals surface area contributed by atoms with E-state index >= 15 is 0 Å². The van der Waals surface area contributed by atoms with Crippen molar-refractivity contribution >= 4 is 5.91 Å². The highest BCUT2D eigenvalue weighted by Gasteiger charge is 2.34. The molecule has 0 bridgehead atoms. The number of halogens is 1. The number of carbonyl (C=O) groups excluding carboxylic acids is 1. The molecule has 34 heavy (non-hydrogen) atoms. The maximum Gasteiger partial charge on any atom is 0.289 e. The monoisotopic (exact) mass is 491 g/mol. The van der Waals surface area contributed by atoms with Gasteiger partial charge in [-0.05, 0) is 28.6 Å². The number of nitrogens with zero attached hydrogens (tertiary/aromatic N) is 6. The standard InChI is InChI=1S/C22H28N6O5.ClH/c1-30-15-13-28-21(23-24-25-28)19(16-6-4-7-17(31-2)20(16)32-3)26-9-11-27(12-10-26)22(29)18-8-5-14-33-18;/h4-8,14,19H,9-13,15H2,1-3H3;1H/p-1. The number of benzene rings is 1. The number of carbonyl (C=O) groups is 1. The summed E-state index contributed by atoms with van der Waals surface area (Å²) >= 11 is 0. The van der Waals surface area contributed by atoms with Crippen molar-refractivity contribution in [1.29, 1.82) is 0 Å². The van der Waals surface area contributed by atoms with Gasteiger partial charge in [0.2, 0.25) is 0 Å². The van der Waals surface area contributed by atoms with Crippen LogP contribution in [0.25, 0.3) is 0 Å². The van der Waals surface area contributed by atoms with Gasteiger partial charge >= 0.3 is 0 Å². The van der Waals surface area contributed by atoms with Gasteiger partial charge < -0.3 is 35.9 Å². The summed E-state index contributed by atoms with van der Waals surface area (Å²) < 4.78 is 23.5. The van der Waals surface area contributed by atoms with E-state index < -0.39 is 0 Å². The van der Waals surface area contributed by atoms with Crippen molar-refractivity contribution in [1.82, 2.24) is 30.0 Å². The molecule has 1 amide bonds. The molecular weight excluding hydrogens is 464 g/mol. The zero-order valence-corrected chi connectivity index (χ0v) is 20.1. The summed E-state index contributed by atoms with van der Waals surface area (Å²) in [6.45, 7) is 3.32. The Kier molecular flexibility index (Phi) is 8.85. The first-order chi connectivity index (χ1) is 16.2. The van der Waals surface area contributed by atoms with Gasteiger partial charge in [-0.2, -0.15) is 0 Å². The van der Waals surface area contributed by atoms with Crippen LogP contribution >= 0.6 is 0 Å². The minimum atomic E-state index is -0.303. The predicted octanol–water partition coefficient (Wildman–Crippen LogP) is -1.52. The highest BCUT2D eigenvalue weighted by Crippen LogP contribution is 2.39. The Morgan fingerprint density at radius 3 is 2.53 bits per heavy atom. The van der Waals surface area contributed by atoms with Gasteiger partial charge in [0, 0.05) is 38.9 Å². The van der Waals surface area contributed by atoms with Crippen LogP contribution < -0.4 is 21.9 Å². The van der Waals surface area contributed by atoms with Gasteiger partial charge in [0.05, 0.1) is 33.6 Å². The number of amides is 1. The number of aromatic nitrogens is 4. The molecule has 3 aromatic rings. The minimum Gasteiger partial charge on any atom is -1.00 e. The van der Waals surface area contributed by atoms with Gasteiger partial charge in [-0.1, -0.05) is 12.1 Å². The Hall–Kier alpha value is -3.15. The molecule has 1 aliphatic rings. The first-order valence-electron chi connectivity index (χ1n) is 10.7. The number of hydrogen-bond donors (Lipinski definition) is 0. The Bertz CT molecular complexity index is 1050. The third kappa shape index (κ3) is 5.16. The Labute approximate surface area is 204 Å². The third-order valence-corrected chi connectivity index (χ3v) is 5.74. The van der Waals surface area contributed by atoms with Crippen LogP contribution in [0.2, 0.25) is 0 Å². The molecule has 0 N–H and O–H groups in total. The summed E-state index contributed by atoms with van der Waals surface area (Å²) in [5.41, 5.74) is 0.885. The third-order valence-electron chi connectivity index (χ3n) is 5.74. The fourth-order valence-electron chi connectivity index (χ4n) is 4.11. The topological polar surface area (TPSA) is 108 Å². The number of piperazine rings is 1. The van der Waals surface area contributed by atoms with E-state index in [0.29, 0.717) is 62.4 Å². The molecular formula is C22H28ClN6O5-. The molecule has 1 atom stereocenters. The lowest BCUT2D eigenvalue weighted by Crippen LogP contribution is -3.00. The number of rotatable bonds is 9. The summed E-state index contributed by atoms with van der Waals surface area (Å²) in [6, 6.07) is 8.86. The van der Waals surface area contributed by atoms with Gasteiger partial charge in [0.1, 0.15) is 6.04 Å². The molecule has 1 fully saturated rings. The lowest BCUT2D eigenvalue weighted by atomic mass is 10.0. The fraction of sp³-hybridized carbons (Fsp3) is 0.455. The molecule has 1 saturated heterocycles. The van der Waals surface area contributed by atoms with Crippen LogP contribution in [0.5, 0.6) is 11.5 Å². The molecule has 0 spiro atoms. The first kappa shape index (κ1) is 25.5. The van der Waals surface area contributed by atoms with E-state index in [1.807, 2.05) is 18.2 Å². The number of methoxy groups -OCH3 is 3. The van der Waals surface area contributed by atoms with Gasteiger partial charge in [0.25, 0.3) is 5.91 Å². The molecule has 12 heteroatoms. The highest BCUT2D eigenvalue weighted by molar-refractivity contribution is 5.91. The molecule has 2 aromatic heterocycles. The minimum absolute atomic E-state index is 0. The van der Waals surface area contributed by atoms with E-state index in [-0.39, 0.29) is 24.4 Å². The van der Waals surface area contributed by atoms with Crippen molar-refractivity contribution in [2.45, 2.75) is 12.6 Å². The number of para-hydroxylation sites is 1. The normalized spacial score (nSPS) is 15.0. The van der Waals surface area contributed by atoms with Gasteiger partial charge in [-0.3, -0.25) is 9.69 Å². The largest absolute Gasteiger partial charge is 1.00 e. The Morgan fingerprint density at radius 2 is 1.88 bits per heavy atom. The zero-order chi connectivity index (χ0) is 23.2. The van der Waals surface area contributed by atoms with Crippen LogP contribution in [0, 0.1) is 0 Å². The van der Waals surface area contributed by atoms with Crippen LogP contribution in [-0.4, -0.2) is 90.0 Å². The second kappa shape index (κ2) is 11.8. The van der Waals surface area contributed by atoms with Crippen LogP contribution in [-0.2, 0) is 11.3 Å². The van der Waals surface area contributed by atoms with Crippen molar-refractivity contribution in [3.63, 3.8) is 0 Å². The molecule has 1 unspecified atom stereocenters. The summed E-state index contributed by atoms with van der Waals surface area (Å²) in [5.74, 6) is 2.16. The van der Waals surface area contributed by atoms with Gasteiger partial charge in [-0.25, -0.2) is 4.68 Å². The maximum atomic E-state index is 12.7. The van der Waals surface area contributed by atoms with Crippen LogP contribution in [0.3, 0.4) is 0 Å². The summed E-state index contributed by atoms with van der Waals surface area (Å²) in [4.78, 5) is 16.8. The van der Waals surface area contributed by atoms with Crippen molar-refractivity contribution < 1.29 is 35.8 Å². The van der Waals surface area contributed by atoms with Crippen LogP contribution in [0.1, 0.15) is 28.0 Å². The lowest BCUT2D eigenvalue weighted by Gasteiger charge is -2.39. The van der Waals surface area contributed by atoms with Crippen LogP contribution in [0.15, 0.2) is 41.0 Å². The van der Waals surface area contributed by atoms with E-state index in [0.717, 1.165) is 5.56 Å². The Morgan fingerprint density at radius 1 is 1.09 bits per heavy atom. The molecule has 1 aromatic carbocycles. The second-order valence-corrected chi connectivity index (χ2v) is 7.54. The summed E-state index contributed by atoms with van der Waals surface area (Å²) in [6.07, 6.45) is 1.51. The number of furan rings is 1. The predicted molar refractivity (Wildman–Crippen MR) is 117 cm³/mol. The van der Waals surface area contributed by atoms with Crippen molar-refractivity contribution in [2.75, 3.05) is 54.1 Å². The van der Waals surface area contributed by atoms with E-state index in [1.54, 1.807) is 43.0 Å². The smallest absolute Gasteiger partial charge is 0.289 e. The van der Waals surface area contributed by atoms with Gasteiger partial charge in [-0.15, -0.1) is 5.10 Å². The number of hydrogen-bond acceptors (Lipinski definition) is 9. The average molecular weight is 492 g/mol. The molecule has 4 rings (SSSR count). The van der Waals surface area contributed by atoms with Crippen molar-refractivity contribution in [3.05, 3.63) is 53.7 Å². The number of ether oxygens (including phenoxy) is 3. The van der Waals surface area contributed by atoms with Gasteiger partial charge in [0.15, 0.2) is 23.1 Å². The molecule has 0 radical (unpaired) electrons. The fourth-order valence-corrected chi connectivity index (χ4v) is 4.11. The molecule has 0 saturated carbocycles. The van der Waals surface area contributed by atoms with Crippen LogP contribution in [0.4, 0.5) is 0 Å². The molecule has 1 aliphatic heterocycles. The first-order valence-corrected chi connectivity index (χ1v) is 10.7. The van der Waals surface area contributed by atoms with Crippen molar-refractivity contribution in [2.24, 2.45) is 0 Å². The maximum absolute atomic E-state index is 12.7. The lowest BCUT2D eigenvalue weighted by molar-refractivity contribution is -0.0000185. The van der Waals surface area contributed by atoms with E-state index in [2.05, 4.69) is 20.4 Å². The number of tetrazole rings is 1. The molecule has 11 nitrogen and oxygen atoms in total.